The zero-order valence-electron chi connectivity index (χ0n) is 14.6. The van der Waals surface area contributed by atoms with E-state index in [1.54, 1.807) is 0 Å². The van der Waals surface area contributed by atoms with Gasteiger partial charge in [0.1, 0.15) is 8.07 Å². The van der Waals surface area contributed by atoms with E-state index >= 15 is 0 Å². The molecule has 0 aromatic heterocycles. The summed E-state index contributed by atoms with van der Waals surface area (Å²) in [6.07, 6.45) is 1.25. The van der Waals surface area contributed by atoms with Gasteiger partial charge in [0, 0.05) is 5.02 Å². The minimum atomic E-state index is -1.70. The van der Waals surface area contributed by atoms with Gasteiger partial charge >= 0.3 is 0 Å². The van der Waals surface area contributed by atoms with E-state index in [-0.39, 0.29) is 0 Å². The molecule has 3 heteroatoms. The monoisotopic (exact) mass is 345 g/mol. The molecule has 2 rings (SSSR count). The maximum absolute atomic E-state index is 6.10. The van der Waals surface area contributed by atoms with E-state index in [4.69, 9.17) is 11.6 Å². The summed E-state index contributed by atoms with van der Waals surface area (Å²) in [6, 6.07) is 20.9. The van der Waals surface area contributed by atoms with Crippen molar-refractivity contribution in [1.82, 2.24) is 4.90 Å². The molecule has 0 bridgehead atoms. The van der Waals surface area contributed by atoms with Gasteiger partial charge in [-0.15, -0.1) is 0 Å². The fourth-order valence-electron chi connectivity index (χ4n) is 3.28. The van der Waals surface area contributed by atoms with Gasteiger partial charge in [0.05, 0.1) is 0 Å². The molecule has 2 aromatic carbocycles. The van der Waals surface area contributed by atoms with Crippen LogP contribution in [0, 0.1) is 0 Å². The molecule has 2 aromatic rings. The van der Waals surface area contributed by atoms with Crippen molar-refractivity contribution >= 4 is 30.0 Å². The predicted molar refractivity (Wildman–Crippen MR) is 106 cm³/mol. The van der Waals surface area contributed by atoms with Crippen LogP contribution in [0.2, 0.25) is 17.6 Å². The molecule has 1 nitrogen and oxygen atoms in total. The first-order valence-electron chi connectivity index (χ1n) is 8.64. The average Bonchev–Trinajstić information content (AvgIpc) is 2.60. The quantitative estimate of drug-likeness (QED) is 0.646. The molecular formula is C20H28ClNSi. The maximum Gasteiger partial charge on any atom is 0.115 e. The second-order valence-corrected chi connectivity index (χ2v) is 11.1. The third kappa shape index (κ3) is 4.69. The third-order valence-corrected chi connectivity index (χ3v) is 9.76. The lowest BCUT2D eigenvalue weighted by Crippen LogP contribution is -2.55. The van der Waals surface area contributed by atoms with Crippen LogP contribution in [-0.2, 0) is 0 Å². The Morgan fingerprint density at radius 2 is 1.43 bits per heavy atom. The Bertz CT molecular complexity index is 580. The fourth-order valence-corrected chi connectivity index (χ4v) is 7.01. The molecule has 0 fully saturated rings. The summed E-state index contributed by atoms with van der Waals surface area (Å²) in [5.74, 6) is 0. The topological polar surface area (TPSA) is 3.24 Å². The van der Waals surface area contributed by atoms with E-state index in [9.17, 15) is 0 Å². The molecule has 0 heterocycles. The van der Waals surface area contributed by atoms with Crippen molar-refractivity contribution in [2.75, 3.05) is 19.6 Å². The minimum absolute atomic E-state index is 0.821. The molecule has 1 unspecified atom stereocenters. The number of hydrogen-bond acceptors (Lipinski definition) is 1. The van der Waals surface area contributed by atoms with Gasteiger partial charge in [0.25, 0.3) is 0 Å². The van der Waals surface area contributed by atoms with Crippen molar-refractivity contribution in [2.24, 2.45) is 0 Å². The molecule has 1 atom stereocenters. The molecule has 0 aliphatic rings. The van der Waals surface area contributed by atoms with Crippen LogP contribution in [0.4, 0.5) is 0 Å². The van der Waals surface area contributed by atoms with Crippen molar-refractivity contribution in [2.45, 2.75) is 32.9 Å². The highest BCUT2D eigenvalue weighted by atomic mass is 35.5. The second kappa shape index (κ2) is 8.67. The van der Waals surface area contributed by atoms with Gasteiger partial charge in [-0.3, -0.25) is 0 Å². The summed E-state index contributed by atoms with van der Waals surface area (Å²) in [5.41, 5.74) is 0. The molecule has 0 spiro atoms. The smallest absolute Gasteiger partial charge is 0.115 e. The summed E-state index contributed by atoms with van der Waals surface area (Å²) in [5, 5.41) is 3.82. The predicted octanol–water partition coefficient (Wildman–Crippen LogP) is 4.26. The van der Waals surface area contributed by atoms with E-state index in [1.807, 2.05) is 12.1 Å². The zero-order valence-corrected chi connectivity index (χ0v) is 16.3. The van der Waals surface area contributed by atoms with Crippen LogP contribution in [0.3, 0.4) is 0 Å². The SMILES string of the molecule is CCN(CC)CCC[Si](C)(c1ccccc1)c1ccc(Cl)cc1. The Morgan fingerprint density at radius 1 is 0.870 bits per heavy atom. The zero-order chi connectivity index (χ0) is 16.7. The first-order valence-corrected chi connectivity index (χ1v) is 11.7. The number of halogens is 1. The minimum Gasteiger partial charge on any atom is -0.304 e. The number of nitrogens with zero attached hydrogens (tertiary/aromatic N) is 1. The van der Waals surface area contributed by atoms with Crippen LogP contribution in [0.5, 0.6) is 0 Å². The number of benzene rings is 2. The molecule has 23 heavy (non-hydrogen) atoms. The van der Waals surface area contributed by atoms with Crippen molar-refractivity contribution in [3.05, 3.63) is 59.6 Å². The average molecular weight is 346 g/mol. The van der Waals surface area contributed by atoms with Gasteiger partial charge in [-0.25, -0.2) is 0 Å². The van der Waals surface area contributed by atoms with Gasteiger partial charge in [0.2, 0.25) is 0 Å². The summed E-state index contributed by atoms with van der Waals surface area (Å²) in [4.78, 5) is 2.52. The van der Waals surface area contributed by atoms with E-state index in [1.165, 1.54) is 29.4 Å². The van der Waals surface area contributed by atoms with Crippen molar-refractivity contribution in [3.63, 3.8) is 0 Å². The molecule has 124 valence electrons. The highest BCUT2D eigenvalue weighted by Crippen LogP contribution is 2.16. The lowest BCUT2D eigenvalue weighted by atomic mass is 10.3. The molecule has 0 amide bonds. The largest absolute Gasteiger partial charge is 0.304 e. The third-order valence-electron chi connectivity index (χ3n) is 4.94. The summed E-state index contributed by atoms with van der Waals surface area (Å²) < 4.78 is 0. The first-order chi connectivity index (χ1) is 11.1. The fraction of sp³-hybridized carbons (Fsp3) is 0.400. The molecule has 0 aliphatic heterocycles. The van der Waals surface area contributed by atoms with Crippen molar-refractivity contribution in [1.29, 1.82) is 0 Å². The summed E-state index contributed by atoms with van der Waals surface area (Å²) in [7, 11) is -1.70. The lowest BCUT2D eigenvalue weighted by Gasteiger charge is -2.30. The van der Waals surface area contributed by atoms with E-state index in [2.05, 4.69) is 67.8 Å². The van der Waals surface area contributed by atoms with Gasteiger partial charge in [0.15, 0.2) is 0 Å². The van der Waals surface area contributed by atoms with Crippen molar-refractivity contribution in [3.8, 4) is 0 Å². The summed E-state index contributed by atoms with van der Waals surface area (Å²) in [6.45, 7) is 10.5. The van der Waals surface area contributed by atoms with Crippen LogP contribution < -0.4 is 10.4 Å². The molecule has 0 aliphatic carbocycles. The maximum atomic E-state index is 6.10. The Hall–Kier alpha value is -1.09. The van der Waals surface area contributed by atoms with Gasteiger partial charge in [-0.2, -0.15) is 0 Å². The first kappa shape index (κ1) is 18.2. The van der Waals surface area contributed by atoms with E-state index in [0.717, 1.165) is 18.1 Å². The Morgan fingerprint density at radius 3 is 2.00 bits per heavy atom. The highest BCUT2D eigenvalue weighted by Gasteiger charge is 2.31. The van der Waals surface area contributed by atoms with Gasteiger partial charge in [-0.05, 0) is 44.2 Å². The van der Waals surface area contributed by atoms with Crippen molar-refractivity contribution < 1.29 is 0 Å². The van der Waals surface area contributed by atoms with Crippen LogP contribution in [0.25, 0.3) is 0 Å². The normalized spacial score (nSPS) is 14.0. The van der Waals surface area contributed by atoms with Gasteiger partial charge in [-0.1, -0.05) is 84.8 Å². The standard InChI is InChI=1S/C20H28ClNSi/c1-4-22(5-2)16-9-17-23(3,19-10-7-6-8-11-19)20-14-12-18(21)13-15-20/h6-8,10-15H,4-5,9,16-17H2,1-3H3. The Balaban J connectivity index is 2.23. The molecule has 0 radical (unpaired) electrons. The molecule has 0 saturated heterocycles. The molecular weight excluding hydrogens is 318 g/mol. The number of hydrogen-bond donors (Lipinski definition) is 0. The molecule has 0 N–H and O–H groups in total. The molecule has 0 saturated carbocycles. The van der Waals surface area contributed by atoms with Crippen LogP contribution in [0.1, 0.15) is 20.3 Å². The van der Waals surface area contributed by atoms with E-state index < -0.39 is 8.07 Å². The van der Waals surface area contributed by atoms with Crippen LogP contribution >= 0.6 is 11.6 Å². The highest BCUT2D eigenvalue weighted by molar-refractivity contribution is 7.01. The summed E-state index contributed by atoms with van der Waals surface area (Å²) >= 11 is 6.10. The Kier molecular flexibility index (Phi) is 6.88. The van der Waals surface area contributed by atoms with Crippen LogP contribution in [0.15, 0.2) is 54.6 Å². The Labute approximate surface area is 147 Å². The second-order valence-electron chi connectivity index (χ2n) is 6.34. The van der Waals surface area contributed by atoms with Gasteiger partial charge < -0.3 is 4.90 Å². The number of rotatable bonds is 8. The lowest BCUT2D eigenvalue weighted by molar-refractivity contribution is 0.304. The van der Waals surface area contributed by atoms with E-state index in [0.29, 0.717) is 0 Å². The van der Waals surface area contributed by atoms with Crippen LogP contribution in [-0.4, -0.2) is 32.6 Å².